The van der Waals surface area contributed by atoms with Gasteiger partial charge in [0.05, 0.1) is 39.1 Å². The number of amides is 2. The largest absolute Gasteiger partial charge is 0.483 e. The molecule has 0 aliphatic carbocycles. The molecule has 0 unspecified atom stereocenters. The van der Waals surface area contributed by atoms with Crippen LogP contribution in [0.25, 0.3) is 10.9 Å². The summed E-state index contributed by atoms with van der Waals surface area (Å²) >= 11 is 12.3. The minimum Gasteiger partial charge on any atom is -0.483 e. The Morgan fingerprint density at radius 1 is 0.971 bits per heavy atom. The van der Waals surface area contributed by atoms with Crippen LogP contribution in [0.5, 0.6) is 5.75 Å². The topological polar surface area (TPSA) is 93.2 Å². The van der Waals surface area contributed by atoms with Gasteiger partial charge >= 0.3 is 0 Å². The number of aryl methyl sites for hydroxylation is 1. The van der Waals surface area contributed by atoms with Crippen molar-refractivity contribution in [1.82, 2.24) is 15.3 Å². The molecule has 0 fully saturated rings. The summed E-state index contributed by atoms with van der Waals surface area (Å²) in [7, 11) is 0. The average Bonchev–Trinajstić information content (AvgIpc) is 2.83. The van der Waals surface area contributed by atoms with Crippen molar-refractivity contribution in [3.05, 3.63) is 93.9 Å². The van der Waals surface area contributed by atoms with Gasteiger partial charge in [-0.3, -0.25) is 19.6 Å². The second-order valence-corrected chi connectivity index (χ2v) is 8.22. The predicted molar refractivity (Wildman–Crippen MR) is 132 cm³/mol. The lowest BCUT2D eigenvalue weighted by Crippen LogP contribution is -2.28. The molecule has 2 amide bonds. The fraction of sp³-hybridized carbons (Fsp3) is 0.120. The molecule has 0 aliphatic heterocycles. The van der Waals surface area contributed by atoms with E-state index in [-0.39, 0.29) is 28.1 Å². The van der Waals surface area contributed by atoms with Gasteiger partial charge in [0.25, 0.3) is 11.8 Å². The molecule has 7 nitrogen and oxygen atoms in total. The van der Waals surface area contributed by atoms with Crippen LogP contribution in [0.15, 0.2) is 67.0 Å². The zero-order valence-corrected chi connectivity index (χ0v) is 19.7. The molecular weight excluding hydrogens is 475 g/mol. The summed E-state index contributed by atoms with van der Waals surface area (Å²) in [4.78, 5) is 33.8. The lowest BCUT2D eigenvalue weighted by atomic mass is 10.1. The first kappa shape index (κ1) is 23.5. The lowest BCUT2D eigenvalue weighted by Gasteiger charge is -2.15. The molecule has 4 aromatic rings. The molecular formula is C25H20Cl2N4O3. The number of pyridine rings is 2. The number of fused-ring (bicyclic) bond motifs is 1. The Kier molecular flexibility index (Phi) is 7.25. The Morgan fingerprint density at radius 2 is 1.74 bits per heavy atom. The zero-order valence-electron chi connectivity index (χ0n) is 18.1. The van der Waals surface area contributed by atoms with Crippen LogP contribution < -0.4 is 15.4 Å². The van der Waals surface area contributed by atoms with Crippen LogP contribution in [-0.4, -0.2) is 28.4 Å². The van der Waals surface area contributed by atoms with Gasteiger partial charge in [-0.15, -0.1) is 0 Å². The quantitative estimate of drug-likeness (QED) is 0.368. The molecule has 0 radical (unpaired) electrons. The number of benzene rings is 2. The van der Waals surface area contributed by atoms with Crippen molar-refractivity contribution in [1.29, 1.82) is 0 Å². The number of carbonyl (C=O) groups is 2. The van der Waals surface area contributed by atoms with E-state index in [2.05, 4.69) is 20.6 Å². The summed E-state index contributed by atoms with van der Waals surface area (Å²) in [5, 5.41) is 6.74. The number of hydrogen-bond acceptors (Lipinski definition) is 5. The third kappa shape index (κ3) is 5.27. The standard InChI is InChI=1S/C25H20Cl2N4O3/c1-15-12-30-23-17(24(15)34-14-21(32)29-13-16-6-2-3-11-28-16)7-4-10-20(23)31-25(33)22-18(26)8-5-9-19(22)27/h2-12H,13-14H2,1H3,(H,29,32)(H,31,33). The number of nitrogens with one attached hydrogen (secondary N) is 2. The molecule has 0 bridgehead atoms. The summed E-state index contributed by atoms with van der Waals surface area (Å²) < 4.78 is 5.86. The molecule has 0 aliphatic rings. The number of anilines is 1. The van der Waals surface area contributed by atoms with E-state index in [1.807, 2.05) is 31.2 Å². The van der Waals surface area contributed by atoms with Crippen molar-refractivity contribution in [3.63, 3.8) is 0 Å². The van der Waals surface area contributed by atoms with E-state index in [4.69, 9.17) is 27.9 Å². The van der Waals surface area contributed by atoms with Gasteiger partial charge in [-0.1, -0.05) is 41.4 Å². The fourth-order valence-corrected chi connectivity index (χ4v) is 3.94. The van der Waals surface area contributed by atoms with E-state index in [1.165, 1.54) is 0 Å². The first-order chi connectivity index (χ1) is 16.4. The van der Waals surface area contributed by atoms with Crippen molar-refractivity contribution < 1.29 is 14.3 Å². The molecule has 9 heteroatoms. The van der Waals surface area contributed by atoms with Crippen molar-refractivity contribution >= 4 is 51.6 Å². The van der Waals surface area contributed by atoms with E-state index in [9.17, 15) is 9.59 Å². The maximum atomic E-state index is 12.9. The summed E-state index contributed by atoms with van der Waals surface area (Å²) in [6.07, 6.45) is 3.29. The average molecular weight is 495 g/mol. The second kappa shape index (κ2) is 10.5. The van der Waals surface area contributed by atoms with Crippen LogP contribution in [0.3, 0.4) is 0 Å². The Hall–Kier alpha value is -3.68. The molecule has 34 heavy (non-hydrogen) atoms. The zero-order chi connectivity index (χ0) is 24.1. The van der Waals surface area contributed by atoms with Gasteiger partial charge in [-0.05, 0) is 43.3 Å². The minimum absolute atomic E-state index is 0.177. The third-order valence-electron chi connectivity index (χ3n) is 5.00. The number of carbonyl (C=O) groups excluding carboxylic acids is 2. The first-order valence-electron chi connectivity index (χ1n) is 10.4. The number of ether oxygens (including phenoxy) is 1. The van der Waals surface area contributed by atoms with Gasteiger partial charge in [0.15, 0.2) is 6.61 Å². The molecule has 2 aromatic carbocycles. The van der Waals surface area contributed by atoms with Gasteiger partial charge in [-0.2, -0.15) is 0 Å². The number of halogens is 2. The molecule has 172 valence electrons. The number of hydrogen-bond donors (Lipinski definition) is 2. The van der Waals surface area contributed by atoms with Crippen LogP contribution in [-0.2, 0) is 11.3 Å². The second-order valence-electron chi connectivity index (χ2n) is 7.41. The number of para-hydroxylation sites is 1. The van der Waals surface area contributed by atoms with Crippen molar-refractivity contribution in [3.8, 4) is 5.75 Å². The lowest BCUT2D eigenvalue weighted by molar-refractivity contribution is -0.123. The Labute approximate surface area is 206 Å². The maximum Gasteiger partial charge on any atom is 0.258 e. The van der Waals surface area contributed by atoms with Crippen molar-refractivity contribution in [2.45, 2.75) is 13.5 Å². The summed E-state index contributed by atoms with van der Waals surface area (Å²) in [5.74, 6) is -0.237. The summed E-state index contributed by atoms with van der Waals surface area (Å²) in [6.45, 7) is 1.96. The van der Waals surface area contributed by atoms with Gasteiger partial charge in [0, 0.05) is 23.3 Å². The smallest absolute Gasteiger partial charge is 0.258 e. The number of rotatable bonds is 7. The highest BCUT2D eigenvalue weighted by Gasteiger charge is 2.18. The normalized spacial score (nSPS) is 10.7. The van der Waals surface area contributed by atoms with Crippen molar-refractivity contribution in [2.75, 3.05) is 11.9 Å². The monoisotopic (exact) mass is 494 g/mol. The highest BCUT2D eigenvalue weighted by molar-refractivity contribution is 6.40. The van der Waals surface area contributed by atoms with Gasteiger partial charge in [-0.25, -0.2) is 0 Å². The summed E-state index contributed by atoms with van der Waals surface area (Å²) in [6, 6.07) is 15.6. The number of aromatic nitrogens is 2. The Bertz CT molecular complexity index is 1340. The SMILES string of the molecule is Cc1cnc2c(NC(=O)c3c(Cl)cccc3Cl)cccc2c1OCC(=O)NCc1ccccn1. The molecule has 2 heterocycles. The van der Waals surface area contributed by atoms with Crippen LogP contribution in [0, 0.1) is 6.92 Å². The molecule has 4 rings (SSSR count). The van der Waals surface area contributed by atoms with E-state index < -0.39 is 5.91 Å². The molecule has 0 spiro atoms. The van der Waals surface area contributed by atoms with Crippen LogP contribution >= 0.6 is 23.2 Å². The highest BCUT2D eigenvalue weighted by atomic mass is 35.5. The van der Waals surface area contributed by atoms with Gasteiger partial charge in [0.1, 0.15) is 5.75 Å². The number of nitrogens with zero attached hydrogens (tertiary/aromatic N) is 2. The van der Waals surface area contributed by atoms with Gasteiger partial charge in [0.2, 0.25) is 0 Å². The van der Waals surface area contributed by atoms with Gasteiger partial charge < -0.3 is 15.4 Å². The van der Waals surface area contributed by atoms with E-state index >= 15 is 0 Å². The maximum absolute atomic E-state index is 12.9. The Morgan fingerprint density at radius 3 is 2.47 bits per heavy atom. The molecule has 2 aromatic heterocycles. The van der Waals surface area contributed by atoms with E-state index in [0.717, 1.165) is 11.3 Å². The first-order valence-corrected chi connectivity index (χ1v) is 11.1. The molecule has 2 N–H and O–H groups in total. The minimum atomic E-state index is -0.457. The molecule has 0 saturated heterocycles. The molecule has 0 atom stereocenters. The van der Waals surface area contributed by atoms with Crippen LogP contribution in [0.1, 0.15) is 21.6 Å². The molecule has 0 saturated carbocycles. The predicted octanol–water partition coefficient (Wildman–Crippen LogP) is 5.19. The fourth-order valence-electron chi connectivity index (χ4n) is 3.37. The van der Waals surface area contributed by atoms with Crippen LogP contribution in [0.4, 0.5) is 5.69 Å². The van der Waals surface area contributed by atoms with E-state index in [0.29, 0.717) is 28.9 Å². The van der Waals surface area contributed by atoms with Crippen molar-refractivity contribution in [2.24, 2.45) is 0 Å². The highest BCUT2D eigenvalue weighted by Crippen LogP contribution is 2.33. The van der Waals surface area contributed by atoms with E-state index in [1.54, 1.807) is 42.7 Å². The van der Waals surface area contributed by atoms with Crippen LogP contribution in [0.2, 0.25) is 10.0 Å². The third-order valence-corrected chi connectivity index (χ3v) is 5.63. The Balaban J connectivity index is 1.52. The summed E-state index contributed by atoms with van der Waals surface area (Å²) in [5.41, 5.74) is 2.65.